The van der Waals surface area contributed by atoms with Gasteiger partial charge in [0, 0.05) is 40.7 Å². The van der Waals surface area contributed by atoms with Crippen LogP contribution in [-0.4, -0.2) is 42.4 Å². The number of benzene rings is 2. The molecule has 1 N–H and O–H groups in total. The zero-order valence-electron chi connectivity index (χ0n) is 15.1. The Kier molecular flexibility index (Phi) is 4.76. The van der Waals surface area contributed by atoms with Crippen LogP contribution in [0.25, 0.3) is 22.2 Å². The Balaban J connectivity index is 1.66. The van der Waals surface area contributed by atoms with Crippen LogP contribution in [0.2, 0.25) is 0 Å². The summed E-state index contributed by atoms with van der Waals surface area (Å²) in [5.74, 6) is 0.888. The zero-order valence-corrected chi connectivity index (χ0v) is 15.1. The van der Waals surface area contributed by atoms with Gasteiger partial charge in [0.1, 0.15) is 5.75 Å². The second-order valence-corrected chi connectivity index (χ2v) is 6.90. The zero-order chi connectivity index (χ0) is 17.9. The largest absolute Gasteiger partial charge is 0.497 e. The van der Waals surface area contributed by atoms with Crippen LogP contribution in [0.5, 0.6) is 5.75 Å². The van der Waals surface area contributed by atoms with Gasteiger partial charge in [-0.2, -0.15) is 0 Å². The molecule has 3 aromatic rings. The summed E-state index contributed by atoms with van der Waals surface area (Å²) in [5.41, 5.74) is 3.72. The van der Waals surface area contributed by atoms with Crippen molar-refractivity contribution in [1.82, 2.24) is 9.88 Å². The molecule has 1 saturated heterocycles. The average Bonchev–Trinajstić information content (AvgIpc) is 3.34. The highest BCUT2D eigenvalue weighted by molar-refractivity contribution is 6.03. The molecule has 0 unspecified atom stereocenters. The molecule has 4 heteroatoms. The van der Waals surface area contributed by atoms with Crippen molar-refractivity contribution in [1.29, 1.82) is 0 Å². The van der Waals surface area contributed by atoms with Gasteiger partial charge in [0.25, 0.3) is 0 Å². The Labute approximate surface area is 153 Å². The molecule has 4 nitrogen and oxygen atoms in total. The molecule has 1 aromatic heterocycles. The van der Waals surface area contributed by atoms with E-state index < -0.39 is 0 Å². The summed E-state index contributed by atoms with van der Waals surface area (Å²) < 4.78 is 5.36. The number of para-hydroxylation sites is 1. The van der Waals surface area contributed by atoms with Gasteiger partial charge in [-0.25, -0.2) is 0 Å². The monoisotopic (exact) mass is 348 g/mol. The highest BCUT2D eigenvalue weighted by Gasteiger charge is 2.18. The minimum atomic E-state index is 0.171. The molecule has 0 aliphatic carbocycles. The molecule has 2 heterocycles. The van der Waals surface area contributed by atoms with Gasteiger partial charge in [0.2, 0.25) is 0 Å². The molecule has 1 aliphatic heterocycles. The van der Waals surface area contributed by atoms with Crippen molar-refractivity contribution in [2.24, 2.45) is 0 Å². The van der Waals surface area contributed by atoms with Gasteiger partial charge >= 0.3 is 0 Å². The molecule has 0 amide bonds. The molecule has 2 aromatic carbocycles. The number of aromatic nitrogens is 1. The third kappa shape index (κ3) is 3.37. The lowest BCUT2D eigenvalue weighted by atomic mass is 9.98. The molecule has 1 fully saturated rings. The lowest BCUT2D eigenvalue weighted by Crippen LogP contribution is -2.22. The van der Waals surface area contributed by atoms with Crippen LogP contribution in [0.3, 0.4) is 0 Å². The summed E-state index contributed by atoms with van der Waals surface area (Å²) in [6.07, 6.45) is 3.03. The van der Waals surface area contributed by atoms with Crippen molar-refractivity contribution in [3.05, 3.63) is 54.1 Å². The second-order valence-electron chi connectivity index (χ2n) is 6.90. The van der Waals surface area contributed by atoms with Gasteiger partial charge in [-0.15, -0.1) is 0 Å². The van der Waals surface area contributed by atoms with Gasteiger partial charge in [-0.3, -0.25) is 4.79 Å². The summed E-state index contributed by atoms with van der Waals surface area (Å²) in [4.78, 5) is 18.8. The Morgan fingerprint density at radius 2 is 1.92 bits per heavy atom. The van der Waals surface area contributed by atoms with Crippen LogP contribution in [-0.2, 0) is 0 Å². The van der Waals surface area contributed by atoms with Crippen molar-refractivity contribution in [3.8, 4) is 17.0 Å². The molecule has 0 atom stereocenters. The maximum absolute atomic E-state index is 13.0. The van der Waals surface area contributed by atoms with Gasteiger partial charge in [-0.1, -0.05) is 18.2 Å². The van der Waals surface area contributed by atoms with E-state index in [1.807, 2.05) is 30.3 Å². The molecule has 0 saturated carbocycles. The fraction of sp³-hybridized carbons (Fsp3) is 0.318. The molecule has 4 rings (SSSR count). The molecular weight excluding hydrogens is 324 g/mol. The number of carbonyl (C=O) groups is 1. The van der Waals surface area contributed by atoms with Gasteiger partial charge in [-0.05, 0) is 56.3 Å². The highest BCUT2D eigenvalue weighted by atomic mass is 16.5. The number of ether oxygens (including phenoxy) is 1. The predicted molar refractivity (Wildman–Crippen MR) is 105 cm³/mol. The van der Waals surface area contributed by atoms with E-state index in [-0.39, 0.29) is 5.78 Å². The molecule has 26 heavy (non-hydrogen) atoms. The van der Waals surface area contributed by atoms with Crippen LogP contribution >= 0.6 is 0 Å². The molecule has 0 spiro atoms. The van der Waals surface area contributed by atoms with Crippen molar-refractivity contribution in [2.75, 3.05) is 26.7 Å². The van der Waals surface area contributed by atoms with Crippen LogP contribution < -0.4 is 4.74 Å². The van der Waals surface area contributed by atoms with Gasteiger partial charge in [0.05, 0.1) is 7.11 Å². The number of aromatic amines is 1. The van der Waals surface area contributed by atoms with E-state index in [0.717, 1.165) is 53.1 Å². The first kappa shape index (κ1) is 16.9. The third-order valence-electron chi connectivity index (χ3n) is 5.20. The number of hydrogen-bond acceptors (Lipinski definition) is 3. The van der Waals surface area contributed by atoms with Gasteiger partial charge in [0.15, 0.2) is 5.78 Å². The summed E-state index contributed by atoms with van der Waals surface area (Å²) in [7, 11) is 1.64. The van der Waals surface area contributed by atoms with E-state index in [1.54, 1.807) is 7.11 Å². The smallest absolute Gasteiger partial charge is 0.164 e. The number of Topliss-reactive ketones (excluding diaryl/α,β-unsaturated/α-hetero) is 1. The second kappa shape index (κ2) is 7.34. The van der Waals surface area contributed by atoms with Gasteiger partial charge < -0.3 is 14.6 Å². The Hall–Kier alpha value is -2.59. The number of nitrogens with zero attached hydrogens (tertiary/aromatic N) is 1. The molecule has 1 aliphatic rings. The number of fused-ring (bicyclic) bond motifs is 1. The van der Waals surface area contributed by atoms with Crippen LogP contribution in [0.15, 0.2) is 48.5 Å². The molecule has 0 radical (unpaired) electrons. The minimum Gasteiger partial charge on any atom is -0.497 e. The topological polar surface area (TPSA) is 45.3 Å². The van der Waals surface area contributed by atoms with E-state index in [2.05, 4.69) is 28.1 Å². The lowest BCUT2D eigenvalue weighted by Gasteiger charge is -2.15. The summed E-state index contributed by atoms with van der Waals surface area (Å²) >= 11 is 0. The van der Waals surface area contributed by atoms with Crippen LogP contribution in [0.4, 0.5) is 0 Å². The number of likely N-dealkylation sites (tertiary alicyclic amines) is 1. The van der Waals surface area contributed by atoms with Crippen molar-refractivity contribution in [3.63, 3.8) is 0 Å². The van der Waals surface area contributed by atoms with E-state index in [4.69, 9.17) is 4.74 Å². The van der Waals surface area contributed by atoms with Crippen LogP contribution in [0, 0.1) is 0 Å². The number of nitrogens with one attached hydrogen (secondary N) is 1. The maximum atomic E-state index is 13.0. The predicted octanol–water partition coefficient (Wildman–Crippen LogP) is 4.51. The SMILES string of the molecule is COc1ccc(-c2cc3ccccc3[nH]2)c(C(=O)CCN2CCCC2)c1. The standard InChI is InChI=1S/C22H24N2O2/c1-26-17-8-9-18(21-14-16-6-2-3-7-20(16)23-21)19(15-17)22(25)10-13-24-11-4-5-12-24/h2-3,6-9,14-15,23H,4-5,10-13H2,1H3. The highest BCUT2D eigenvalue weighted by Crippen LogP contribution is 2.30. The lowest BCUT2D eigenvalue weighted by molar-refractivity contribution is 0.0969. The minimum absolute atomic E-state index is 0.171. The molecule has 0 bridgehead atoms. The fourth-order valence-corrected chi connectivity index (χ4v) is 3.73. The summed E-state index contributed by atoms with van der Waals surface area (Å²) in [6.45, 7) is 3.06. The third-order valence-corrected chi connectivity index (χ3v) is 5.20. The normalized spacial score (nSPS) is 14.8. The molecule has 134 valence electrons. The molecular formula is C22H24N2O2. The van der Waals surface area contributed by atoms with Crippen molar-refractivity contribution < 1.29 is 9.53 Å². The first-order chi connectivity index (χ1) is 12.7. The number of hydrogen-bond donors (Lipinski definition) is 1. The Morgan fingerprint density at radius 3 is 2.69 bits per heavy atom. The summed E-state index contributed by atoms with van der Waals surface area (Å²) in [5, 5.41) is 1.15. The number of rotatable bonds is 6. The number of ketones is 1. The fourth-order valence-electron chi connectivity index (χ4n) is 3.73. The number of carbonyl (C=O) groups excluding carboxylic acids is 1. The number of methoxy groups -OCH3 is 1. The first-order valence-corrected chi connectivity index (χ1v) is 9.26. The van der Waals surface area contributed by atoms with Crippen molar-refractivity contribution >= 4 is 16.7 Å². The van der Waals surface area contributed by atoms with Crippen molar-refractivity contribution in [2.45, 2.75) is 19.3 Å². The maximum Gasteiger partial charge on any atom is 0.164 e. The Bertz CT molecular complexity index is 890. The van der Waals surface area contributed by atoms with E-state index in [1.165, 1.54) is 12.8 Å². The average molecular weight is 348 g/mol. The van der Waals surface area contributed by atoms with E-state index in [9.17, 15) is 4.79 Å². The first-order valence-electron chi connectivity index (χ1n) is 9.26. The van der Waals surface area contributed by atoms with Crippen LogP contribution in [0.1, 0.15) is 29.6 Å². The number of H-pyrrole nitrogens is 1. The Morgan fingerprint density at radius 1 is 1.12 bits per heavy atom. The summed E-state index contributed by atoms with van der Waals surface area (Å²) in [6, 6.07) is 16.0. The van der Waals surface area contributed by atoms with E-state index in [0.29, 0.717) is 6.42 Å². The quantitative estimate of drug-likeness (QED) is 0.667. The van der Waals surface area contributed by atoms with E-state index >= 15 is 0 Å².